The molecule has 1 aromatic heterocycles. The maximum absolute atomic E-state index is 13.6. The average molecular weight is 460 g/mol. The number of hydrogen-bond acceptors (Lipinski definition) is 4. The van der Waals surface area contributed by atoms with Crippen molar-refractivity contribution < 1.29 is 31.9 Å². The van der Waals surface area contributed by atoms with E-state index in [-0.39, 0.29) is 16.9 Å². The van der Waals surface area contributed by atoms with Crippen LogP contribution in [0.1, 0.15) is 42.5 Å². The fourth-order valence-corrected chi connectivity index (χ4v) is 2.95. The largest absolute Gasteiger partial charge is 0.484 e. The van der Waals surface area contributed by atoms with E-state index < -0.39 is 35.8 Å². The topological polar surface area (TPSA) is 80.6 Å². The predicted octanol–water partition coefficient (Wildman–Crippen LogP) is 5.87. The quantitative estimate of drug-likeness (QED) is 0.482. The van der Waals surface area contributed by atoms with Crippen molar-refractivity contribution in [3.8, 4) is 5.75 Å². The molecule has 3 aromatic rings. The van der Waals surface area contributed by atoms with E-state index in [9.17, 15) is 22.8 Å². The number of amides is 2. The Hall–Kier alpha value is -3.75. The van der Waals surface area contributed by atoms with Crippen LogP contribution in [0.4, 0.5) is 24.5 Å². The molecule has 2 aromatic carbocycles. The van der Waals surface area contributed by atoms with Gasteiger partial charge in [0.15, 0.2) is 12.4 Å². The Morgan fingerprint density at radius 3 is 2.24 bits per heavy atom. The summed E-state index contributed by atoms with van der Waals surface area (Å²) in [6, 6.07) is 13.0. The van der Waals surface area contributed by atoms with Crippen molar-refractivity contribution in [1.29, 1.82) is 0 Å². The normalized spacial score (nSPS) is 11.7. The van der Waals surface area contributed by atoms with Crippen LogP contribution in [0.15, 0.2) is 65.3 Å². The first kappa shape index (κ1) is 23.9. The van der Waals surface area contributed by atoms with Gasteiger partial charge in [0.25, 0.3) is 11.8 Å². The van der Waals surface area contributed by atoms with E-state index in [0.29, 0.717) is 5.75 Å². The molecular formula is C24H23F3N2O4. The summed E-state index contributed by atoms with van der Waals surface area (Å²) in [6.45, 7) is 5.70. The second-order valence-electron chi connectivity index (χ2n) is 8.30. The van der Waals surface area contributed by atoms with E-state index in [0.717, 1.165) is 17.7 Å². The number of carbonyl (C=O) groups is 2. The summed E-state index contributed by atoms with van der Waals surface area (Å²) >= 11 is 0. The van der Waals surface area contributed by atoms with Gasteiger partial charge in [-0.2, -0.15) is 13.2 Å². The lowest BCUT2D eigenvalue weighted by Crippen LogP contribution is -2.22. The van der Waals surface area contributed by atoms with Crippen LogP contribution >= 0.6 is 0 Å². The van der Waals surface area contributed by atoms with Gasteiger partial charge in [-0.15, -0.1) is 0 Å². The Bertz CT molecular complexity index is 1120. The van der Waals surface area contributed by atoms with E-state index in [1.165, 1.54) is 24.5 Å². The Morgan fingerprint density at radius 1 is 0.970 bits per heavy atom. The number of furan rings is 1. The number of nitrogens with one attached hydrogen (secondary N) is 2. The molecule has 0 atom stereocenters. The van der Waals surface area contributed by atoms with Crippen molar-refractivity contribution in [2.24, 2.45) is 0 Å². The molecule has 3 rings (SSSR count). The summed E-state index contributed by atoms with van der Waals surface area (Å²) in [6.07, 6.45) is -3.49. The van der Waals surface area contributed by atoms with Crippen LogP contribution in [0.2, 0.25) is 0 Å². The molecule has 33 heavy (non-hydrogen) atoms. The van der Waals surface area contributed by atoms with Crippen LogP contribution in [0, 0.1) is 0 Å². The van der Waals surface area contributed by atoms with Crippen molar-refractivity contribution in [3.05, 3.63) is 77.7 Å². The maximum atomic E-state index is 13.6. The Balaban J connectivity index is 1.67. The molecule has 0 spiro atoms. The zero-order valence-corrected chi connectivity index (χ0v) is 18.2. The number of ether oxygens (including phenoxy) is 1. The van der Waals surface area contributed by atoms with Crippen LogP contribution in [-0.4, -0.2) is 18.4 Å². The number of halogens is 3. The van der Waals surface area contributed by atoms with Crippen molar-refractivity contribution in [3.63, 3.8) is 0 Å². The third-order valence-corrected chi connectivity index (χ3v) is 4.69. The highest BCUT2D eigenvalue weighted by Gasteiger charge is 2.34. The van der Waals surface area contributed by atoms with Gasteiger partial charge in [-0.1, -0.05) is 32.9 Å². The minimum Gasteiger partial charge on any atom is -0.484 e. The molecule has 174 valence electrons. The molecule has 0 unspecified atom stereocenters. The molecule has 0 saturated carbocycles. The van der Waals surface area contributed by atoms with Gasteiger partial charge in [-0.25, -0.2) is 0 Å². The molecule has 0 radical (unpaired) electrons. The Labute approximate surface area is 188 Å². The average Bonchev–Trinajstić information content (AvgIpc) is 3.27. The van der Waals surface area contributed by atoms with Gasteiger partial charge in [0.05, 0.1) is 17.5 Å². The minimum atomic E-state index is -4.77. The zero-order valence-electron chi connectivity index (χ0n) is 18.2. The maximum Gasteiger partial charge on any atom is 0.418 e. The molecule has 0 fully saturated rings. The SMILES string of the molecule is CC(C)(C)c1ccc(OCC(=O)Nc2ccc(NC(=O)c3ccco3)cc2C(F)(F)F)cc1. The summed E-state index contributed by atoms with van der Waals surface area (Å²) in [5.74, 6) is -1.08. The monoisotopic (exact) mass is 460 g/mol. The first-order valence-corrected chi connectivity index (χ1v) is 10.0. The zero-order chi connectivity index (χ0) is 24.2. The van der Waals surface area contributed by atoms with Crippen LogP contribution in [0.25, 0.3) is 0 Å². The summed E-state index contributed by atoms with van der Waals surface area (Å²) in [7, 11) is 0. The van der Waals surface area contributed by atoms with Crippen molar-refractivity contribution in [1.82, 2.24) is 0 Å². The third-order valence-electron chi connectivity index (χ3n) is 4.69. The molecule has 0 saturated heterocycles. The van der Waals surface area contributed by atoms with E-state index >= 15 is 0 Å². The van der Waals surface area contributed by atoms with Gasteiger partial charge in [-0.05, 0) is 53.4 Å². The Kier molecular flexibility index (Phi) is 6.81. The van der Waals surface area contributed by atoms with Gasteiger partial charge in [0, 0.05) is 5.69 Å². The highest BCUT2D eigenvalue weighted by atomic mass is 19.4. The molecule has 1 heterocycles. The van der Waals surface area contributed by atoms with Gasteiger partial charge >= 0.3 is 6.18 Å². The van der Waals surface area contributed by atoms with E-state index in [1.807, 2.05) is 12.1 Å². The summed E-state index contributed by atoms with van der Waals surface area (Å²) in [5.41, 5.74) is -0.629. The molecule has 2 N–H and O–H groups in total. The number of hydrogen-bond donors (Lipinski definition) is 2. The van der Waals surface area contributed by atoms with Gasteiger partial charge in [0.1, 0.15) is 5.75 Å². The van der Waals surface area contributed by atoms with Gasteiger partial charge < -0.3 is 19.8 Å². The third kappa shape index (κ3) is 6.38. The highest BCUT2D eigenvalue weighted by Crippen LogP contribution is 2.36. The molecule has 0 aliphatic carbocycles. The highest BCUT2D eigenvalue weighted by molar-refractivity contribution is 6.02. The van der Waals surface area contributed by atoms with Crippen molar-refractivity contribution >= 4 is 23.2 Å². The summed E-state index contributed by atoms with van der Waals surface area (Å²) < 4.78 is 51.0. The first-order valence-electron chi connectivity index (χ1n) is 10.0. The van der Waals surface area contributed by atoms with Crippen LogP contribution in [-0.2, 0) is 16.4 Å². The summed E-state index contributed by atoms with van der Waals surface area (Å²) in [5, 5.41) is 4.54. The minimum absolute atomic E-state index is 0.0476. The van der Waals surface area contributed by atoms with E-state index in [1.54, 1.807) is 12.1 Å². The van der Waals surface area contributed by atoms with Crippen LogP contribution in [0.5, 0.6) is 5.75 Å². The molecule has 0 aliphatic heterocycles. The van der Waals surface area contributed by atoms with Crippen LogP contribution < -0.4 is 15.4 Å². The number of alkyl halides is 3. The molecule has 0 bridgehead atoms. The molecule has 6 nitrogen and oxygen atoms in total. The van der Waals surface area contributed by atoms with Gasteiger partial charge in [-0.3, -0.25) is 9.59 Å². The fourth-order valence-electron chi connectivity index (χ4n) is 2.95. The second-order valence-corrected chi connectivity index (χ2v) is 8.30. The predicted molar refractivity (Wildman–Crippen MR) is 117 cm³/mol. The smallest absolute Gasteiger partial charge is 0.418 e. The van der Waals surface area contributed by atoms with Crippen LogP contribution in [0.3, 0.4) is 0 Å². The fraction of sp³-hybridized carbons (Fsp3) is 0.250. The van der Waals surface area contributed by atoms with Gasteiger partial charge in [0.2, 0.25) is 0 Å². The Morgan fingerprint density at radius 2 is 1.67 bits per heavy atom. The summed E-state index contributed by atoms with van der Waals surface area (Å²) in [4.78, 5) is 24.2. The molecule has 9 heteroatoms. The van der Waals surface area contributed by atoms with E-state index in [4.69, 9.17) is 9.15 Å². The molecule has 2 amide bonds. The lowest BCUT2D eigenvalue weighted by atomic mass is 9.87. The van der Waals surface area contributed by atoms with E-state index in [2.05, 4.69) is 31.4 Å². The number of rotatable bonds is 6. The number of carbonyl (C=O) groups excluding carboxylic acids is 2. The first-order chi connectivity index (χ1) is 15.4. The lowest BCUT2D eigenvalue weighted by Gasteiger charge is -2.19. The second kappa shape index (κ2) is 9.40. The number of benzene rings is 2. The lowest BCUT2D eigenvalue weighted by molar-refractivity contribution is -0.137. The number of anilines is 2. The molecule has 0 aliphatic rings. The van der Waals surface area contributed by atoms with Crippen molar-refractivity contribution in [2.75, 3.05) is 17.2 Å². The molecular weight excluding hydrogens is 437 g/mol. The standard InChI is InChI=1S/C24H23F3N2O4/c1-23(2,3)15-6-9-17(10-7-15)33-14-21(30)29-19-11-8-16(13-18(19)24(25,26)27)28-22(31)20-5-4-12-32-20/h4-13H,14H2,1-3H3,(H,28,31)(H,29,30). The van der Waals surface area contributed by atoms with Crippen molar-refractivity contribution in [2.45, 2.75) is 32.4 Å².